The Morgan fingerprint density at radius 1 is 1.27 bits per heavy atom. The average Bonchev–Trinajstić information content (AvgIpc) is 3.28. The Kier molecular flexibility index (Phi) is 6.64. The molecule has 3 rings (SSSR count). The van der Waals surface area contributed by atoms with Crippen molar-refractivity contribution in [3.05, 3.63) is 18.2 Å². The number of tetrazole rings is 1. The van der Waals surface area contributed by atoms with E-state index in [2.05, 4.69) is 20.5 Å². The third-order valence-electron chi connectivity index (χ3n) is 4.64. The maximum atomic E-state index is 13.0. The highest BCUT2D eigenvalue weighted by Crippen LogP contribution is 2.27. The number of nitrogens with zero attached hydrogens (tertiary/aromatic N) is 8. The molecule has 2 amide bonds. The van der Waals surface area contributed by atoms with Gasteiger partial charge in [0, 0.05) is 51.8 Å². The van der Waals surface area contributed by atoms with Gasteiger partial charge in [-0.3, -0.25) is 4.79 Å². The van der Waals surface area contributed by atoms with Gasteiger partial charge in [0.25, 0.3) is 0 Å². The van der Waals surface area contributed by atoms with Gasteiger partial charge in [0.2, 0.25) is 11.1 Å². The van der Waals surface area contributed by atoms with E-state index in [1.54, 1.807) is 27.7 Å². The molecule has 0 radical (unpaired) electrons. The summed E-state index contributed by atoms with van der Waals surface area (Å²) in [6.07, 6.45) is 3.49. The van der Waals surface area contributed by atoms with E-state index in [1.807, 2.05) is 38.6 Å². The topological polar surface area (TPSA) is 111 Å². The first-order valence-corrected chi connectivity index (χ1v) is 10.7. The zero-order valence-electron chi connectivity index (χ0n) is 18.0. The number of thioether (sulfide) groups is 1. The van der Waals surface area contributed by atoms with Gasteiger partial charge in [0.15, 0.2) is 0 Å². The van der Waals surface area contributed by atoms with Gasteiger partial charge in [-0.1, -0.05) is 11.8 Å². The van der Waals surface area contributed by atoms with Gasteiger partial charge in [-0.15, -0.1) is 5.10 Å². The van der Waals surface area contributed by atoms with Crippen LogP contribution in [0.4, 0.5) is 4.79 Å². The Morgan fingerprint density at radius 3 is 2.63 bits per heavy atom. The van der Waals surface area contributed by atoms with Crippen molar-refractivity contribution in [1.82, 2.24) is 39.6 Å². The summed E-state index contributed by atoms with van der Waals surface area (Å²) in [4.78, 5) is 33.5. The summed E-state index contributed by atoms with van der Waals surface area (Å²) in [6.45, 7) is 6.70. The molecule has 1 aliphatic heterocycles. The molecule has 164 valence electrons. The molecule has 1 unspecified atom stereocenters. The summed E-state index contributed by atoms with van der Waals surface area (Å²) >= 11 is 1.43. The number of piperazine rings is 1. The Labute approximate surface area is 179 Å². The number of hydrogen-bond donors (Lipinski definition) is 0. The molecule has 0 spiro atoms. The summed E-state index contributed by atoms with van der Waals surface area (Å²) in [6, 6.07) is -0.333. The second kappa shape index (κ2) is 9.02. The summed E-state index contributed by atoms with van der Waals surface area (Å²) in [5, 5.41) is 12.0. The van der Waals surface area contributed by atoms with E-state index in [0.29, 0.717) is 37.0 Å². The Bertz CT molecular complexity index is 890. The van der Waals surface area contributed by atoms with Gasteiger partial charge in [-0.25, -0.2) is 14.5 Å². The first kappa shape index (κ1) is 22.1. The number of carbonyl (C=O) groups is 2. The second-order valence-electron chi connectivity index (χ2n) is 8.11. The van der Waals surface area contributed by atoms with Crippen LogP contribution in [0.15, 0.2) is 17.6 Å². The summed E-state index contributed by atoms with van der Waals surface area (Å²) in [7, 11) is 3.64. The summed E-state index contributed by atoms with van der Waals surface area (Å²) in [5.41, 5.74) is -0.575. The van der Waals surface area contributed by atoms with Crippen molar-refractivity contribution < 1.29 is 14.3 Å². The number of imidazole rings is 1. The molecule has 0 aliphatic carbocycles. The number of ether oxygens (including phenoxy) is 1. The van der Waals surface area contributed by atoms with E-state index in [1.165, 1.54) is 11.8 Å². The van der Waals surface area contributed by atoms with Crippen molar-refractivity contribution in [1.29, 1.82) is 0 Å². The monoisotopic (exact) mass is 436 g/mol. The van der Waals surface area contributed by atoms with Crippen LogP contribution < -0.4 is 0 Å². The zero-order chi connectivity index (χ0) is 21.9. The molecule has 1 atom stereocenters. The highest BCUT2D eigenvalue weighted by atomic mass is 32.2. The SMILES string of the molecule is Cn1ccnc1C1CN(C(=O)OC(C)(C)C)CCN1C(=O)CCSc1nnnn1C. The average molecular weight is 437 g/mol. The molecule has 2 aromatic rings. The third kappa shape index (κ3) is 5.29. The van der Waals surface area contributed by atoms with Crippen molar-refractivity contribution in [2.24, 2.45) is 14.1 Å². The smallest absolute Gasteiger partial charge is 0.410 e. The maximum absolute atomic E-state index is 13.0. The predicted molar refractivity (Wildman–Crippen MR) is 110 cm³/mol. The van der Waals surface area contributed by atoms with Crippen LogP contribution in [0.25, 0.3) is 0 Å². The first-order chi connectivity index (χ1) is 14.2. The fourth-order valence-electron chi connectivity index (χ4n) is 3.21. The molecule has 3 heterocycles. The number of amides is 2. The molecule has 12 heteroatoms. The van der Waals surface area contributed by atoms with E-state index < -0.39 is 5.60 Å². The zero-order valence-corrected chi connectivity index (χ0v) is 18.8. The molecule has 0 saturated carbocycles. The lowest BCUT2D eigenvalue weighted by Crippen LogP contribution is -2.53. The quantitative estimate of drug-likeness (QED) is 0.644. The maximum Gasteiger partial charge on any atom is 0.410 e. The molecule has 0 bridgehead atoms. The van der Waals surface area contributed by atoms with E-state index >= 15 is 0 Å². The predicted octanol–water partition coefficient (Wildman–Crippen LogP) is 1.25. The largest absolute Gasteiger partial charge is 0.444 e. The van der Waals surface area contributed by atoms with Gasteiger partial charge in [-0.05, 0) is 31.2 Å². The Balaban J connectivity index is 1.68. The lowest BCUT2D eigenvalue weighted by atomic mass is 10.1. The van der Waals surface area contributed by atoms with E-state index in [0.717, 1.165) is 5.82 Å². The molecule has 30 heavy (non-hydrogen) atoms. The standard InChI is InChI=1S/C18H28N8O3S/c1-18(2,3)29-17(28)25-9-10-26(13(12-25)15-19-7-8-23(15)4)14(27)6-11-30-16-20-21-22-24(16)5/h7-8,13H,6,9-12H2,1-5H3. The number of aryl methyl sites for hydroxylation is 2. The normalized spacial score (nSPS) is 17.3. The second-order valence-corrected chi connectivity index (χ2v) is 9.17. The third-order valence-corrected chi connectivity index (χ3v) is 5.65. The lowest BCUT2D eigenvalue weighted by Gasteiger charge is -2.41. The molecular weight excluding hydrogens is 408 g/mol. The fraction of sp³-hybridized carbons (Fsp3) is 0.667. The highest BCUT2D eigenvalue weighted by molar-refractivity contribution is 7.99. The first-order valence-electron chi connectivity index (χ1n) is 9.75. The molecule has 1 saturated heterocycles. The van der Waals surface area contributed by atoms with Gasteiger partial charge in [0.1, 0.15) is 17.5 Å². The number of aromatic nitrogens is 6. The van der Waals surface area contributed by atoms with Crippen LogP contribution >= 0.6 is 11.8 Å². The van der Waals surface area contributed by atoms with E-state index in [9.17, 15) is 9.59 Å². The van der Waals surface area contributed by atoms with Gasteiger partial charge in [0.05, 0.1) is 6.54 Å². The fourth-order valence-corrected chi connectivity index (χ4v) is 3.99. The van der Waals surface area contributed by atoms with Gasteiger partial charge < -0.3 is 19.1 Å². The number of rotatable bonds is 5. The van der Waals surface area contributed by atoms with Crippen LogP contribution in [0.5, 0.6) is 0 Å². The van der Waals surface area contributed by atoms with Crippen LogP contribution in [0, 0.1) is 0 Å². The van der Waals surface area contributed by atoms with Gasteiger partial charge >= 0.3 is 6.09 Å². The lowest BCUT2D eigenvalue weighted by molar-refractivity contribution is -0.136. The van der Waals surface area contributed by atoms with Crippen molar-refractivity contribution in [2.45, 2.75) is 44.0 Å². The van der Waals surface area contributed by atoms with Crippen molar-refractivity contribution >= 4 is 23.8 Å². The Morgan fingerprint density at radius 2 is 2.03 bits per heavy atom. The van der Waals surface area contributed by atoms with Crippen molar-refractivity contribution in [3.8, 4) is 0 Å². The summed E-state index contributed by atoms with van der Waals surface area (Å²) in [5.74, 6) is 1.31. The van der Waals surface area contributed by atoms with Crippen molar-refractivity contribution in [2.75, 3.05) is 25.4 Å². The Hall–Kier alpha value is -2.63. The molecule has 2 aromatic heterocycles. The number of carbonyl (C=O) groups excluding carboxylic acids is 2. The van der Waals surface area contributed by atoms with Crippen LogP contribution in [-0.2, 0) is 23.6 Å². The minimum absolute atomic E-state index is 0.00877. The van der Waals surface area contributed by atoms with E-state index in [-0.39, 0.29) is 18.0 Å². The molecule has 11 nitrogen and oxygen atoms in total. The molecular formula is C18H28N8O3S. The van der Waals surface area contributed by atoms with Crippen molar-refractivity contribution in [3.63, 3.8) is 0 Å². The minimum atomic E-state index is -0.575. The van der Waals surface area contributed by atoms with E-state index in [4.69, 9.17) is 4.74 Å². The summed E-state index contributed by atoms with van der Waals surface area (Å²) < 4.78 is 8.97. The minimum Gasteiger partial charge on any atom is -0.444 e. The van der Waals surface area contributed by atoms with Crippen LogP contribution in [0.2, 0.25) is 0 Å². The van der Waals surface area contributed by atoms with Gasteiger partial charge in [-0.2, -0.15) is 0 Å². The molecule has 1 fully saturated rings. The van der Waals surface area contributed by atoms with Crippen LogP contribution in [0.1, 0.15) is 39.1 Å². The highest BCUT2D eigenvalue weighted by Gasteiger charge is 2.36. The molecule has 1 aliphatic rings. The van der Waals surface area contributed by atoms with Crippen LogP contribution in [-0.4, -0.2) is 82.5 Å². The van der Waals surface area contributed by atoms with Crippen LogP contribution in [0.3, 0.4) is 0 Å². The number of hydrogen-bond acceptors (Lipinski definition) is 8. The molecule has 0 aromatic carbocycles. The molecule has 0 N–H and O–H groups in total.